The Morgan fingerprint density at radius 1 is 1.14 bits per heavy atom. The van der Waals surface area contributed by atoms with Crippen molar-refractivity contribution in [1.29, 1.82) is 0 Å². The Kier molecular flexibility index (Phi) is 5.41. The van der Waals surface area contributed by atoms with Gasteiger partial charge in [-0.3, -0.25) is 9.69 Å². The van der Waals surface area contributed by atoms with Gasteiger partial charge in [-0.2, -0.15) is 0 Å². The van der Waals surface area contributed by atoms with Gasteiger partial charge in [-0.05, 0) is 36.2 Å². The van der Waals surface area contributed by atoms with Crippen LogP contribution >= 0.6 is 0 Å². The maximum Gasteiger partial charge on any atom is 0.272 e. The third kappa shape index (κ3) is 4.05. The van der Waals surface area contributed by atoms with Gasteiger partial charge in [0.05, 0.1) is 12.8 Å². The van der Waals surface area contributed by atoms with Gasteiger partial charge < -0.3 is 14.6 Å². The SMILES string of the molecule is COc1ccccc1NC(=O)c1cc2c(n1C)CCN(Cc1cccc(C)c1)C2. The average Bonchev–Trinajstić information content (AvgIpc) is 3.04. The number of nitrogens with zero attached hydrogens (tertiary/aromatic N) is 2. The molecule has 2 aromatic carbocycles. The maximum atomic E-state index is 12.9. The molecule has 1 amide bonds. The van der Waals surface area contributed by atoms with Crippen LogP contribution in [0.2, 0.25) is 0 Å². The number of para-hydroxylation sites is 2. The summed E-state index contributed by atoms with van der Waals surface area (Å²) < 4.78 is 7.38. The number of methoxy groups -OCH3 is 1. The highest BCUT2D eigenvalue weighted by atomic mass is 16.5. The quantitative estimate of drug-likeness (QED) is 0.713. The molecule has 3 aromatic rings. The topological polar surface area (TPSA) is 46.5 Å². The zero-order valence-corrected chi connectivity index (χ0v) is 17.2. The fraction of sp³-hybridized carbons (Fsp3) is 0.292. The molecule has 150 valence electrons. The van der Waals surface area contributed by atoms with Crippen LogP contribution in [-0.2, 0) is 26.6 Å². The van der Waals surface area contributed by atoms with E-state index in [1.54, 1.807) is 7.11 Å². The van der Waals surface area contributed by atoms with E-state index in [0.29, 0.717) is 17.1 Å². The second-order valence-electron chi connectivity index (χ2n) is 7.66. The summed E-state index contributed by atoms with van der Waals surface area (Å²) in [6.07, 6.45) is 0.944. The molecule has 0 bridgehead atoms. The van der Waals surface area contributed by atoms with Gasteiger partial charge in [-0.1, -0.05) is 42.0 Å². The molecule has 0 unspecified atom stereocenters. The predicted molar refractivity (Wildman–Crippen MR) is 115 cm³/mol. The molecule has 0 aliphatic carbocycles. The lowest BCUT2D eigenvalue weighted by atomic mass is 10.1. The monoisotopic (exact) mass is 389 g/mol. The third-order valence-corrected chi connectivity index (χ3v) is 5.58. The number of fused-ring (bicyclic) bond motifs is 1. The Morgan fingerprint density at radius 2 is 1.97 bits per heavy atom. The molecular formula is C24H27N3O2. The smallest absolute Gasteiger partial charge is 0.272 e. The first kappa shape index (κ1) is 19.3. The van der Waals surface area contributed by atoms with E-state index in [4.69, 9.17) is 4.74 Å². The van der Waals surface area contributed by atoms with Crippen molar-refractivity contribution in [3.05, 3.63) is 82.7 Å². The molecule has 29 heavy (non-hydrogen) atoms. The van der Waals surface area contributed by atoms with E-state index in [1.807, 2.05) is 41.9 Å². The van der Waals surface area contributed by atoms with Crippen LogP contribution in [0.25, 0.3) is 0 Å². The minimum atomic E-state index is -0.114. The molecule has 5 nitrogen and oxygen atoms in total. The van der Waals surface area contributed by atoms with Crippen LogP contribution in [0.4, 0.5) is 5.69 Å². The molecule has 4 rings (SSSR count). The molecule has 1 aliphatic rings. The largest absolute Gasteiger partial charge is 0.495 e. The molecule has 0 spiro atoms. The number of anilines is 1. The number of hydrogen-bond acceptors (Lipinski definition) is 3. The fourth-order valence-electron chi connectivity index (χ4n) is 4.11. The Hall–Kier alpha value is -3.05. The van der Waals surface area contributed by atoms with E-state index in [-0.39, 0.29) is 5.91 Å². The van der Waals surface area contributed by atoms with Crippen LogP contribution in [-0.4, -0.2) is 29.0 Å². The second kappa shape index (κ2) is 8.13. The van der Waals surface area contributed by atoms with E-state index < -0.39 is 0 Å². The van der Waals surface area contributed by atoms with Crippen molar-refractivity contribution in [3.63, 3.8) is 0 Å². The van der Waals surface area contributed by atoms with E-state index in [0.717, 1.165) is 26.1 Å². The van der Waals surface area contributed by atoms with Crippen LogP contribution in [0.15, 0.2) is 54.6 Å². The summed E-state index contributed by atoms with van der Waals surface area (Å²) in [6, 6.07) is 18.2. The van der Waals surface area contributed by atoms with Crippen LogP contribution in [0.3, 0.4) is 0 Å². The maximum absolute atomic E-state index is 12.9. The zero-order valence-electron chi connectivity index (χ0n) is 17.2. The summed E-state index contributed by atoms with van der Waals surface area (Å²) in [5, 5.41) is 2.99. The predicted octanol–water partition coefficient (Wildman–Crippen LogP) is 4.15. The fourth-order valence-corrected chi connectivity index (χ4v) is 4.11. The van der Waals surface area contributed by atoms with Crippen molar-refractivity contribution >= 4 is 11.6 Å². The number of nitrogens with one attached hydrogen (secondary N) is 1. The first-order chi connectivity index (χ1) is 14.0. The highest BCUT2D eigenvalue weighted by molar-refractivity contribution is 6.04. The molecule has 0 fully saturated rings. The summed E-state index contributed by atoms with van der Waals surface area (Å²) in [7, 11) is 3.58. The Labute approximate surface area is 171 Å². The van der Waals surface area contributed by atoms with Gasteiger partial charge in [-0.15, -0.1) is 0 Å². The minimum absolute atomic E-state index is 0.114. The van der Waals surface area contributed by atoms with Gasteiger partial charge >= 0.3 is 0 Å². The Morgan fingerprint density at radius 3 is 2.76 bits per heavy atom. The van der Waals surface area contributed by atoms with Crippen LogP contribution in [0.1, 0.15) is 32.9 Å². The highest BCUT2D eigenvalue weighted by Gasteiger charge is 2.24. The molecule has 0 atom stereocenters. The van der Waals surface area contributed by atoms with Crippen molar-refractivity contribution in [2.45, 2.75) is 26.4 Å². The van der Waals surface area contributed by atoms with Gasteiger partial charge in [0.2, 0.25) is 0 Å². The summed E-state index contributed by atoms with van der Waals surface area (Å²) in [5.74, 6) is 0.542. The highest BCUT2D eigenvalue weighted by Crippen LogP contribution is 2.27. The summed E-state index contributed by atoms with van der Waals surface area (Å²) >= 11 is 0. The number of carbonyl (C=O) groups excluding carboxylic acids is 1. The molecule has 2 heterocycles. The minimum Gasteiger partial charge on any atom is -0.495 e. The number of ether oxygens (including phenoxy) is 1. The number of amides is 1. The second-order valence-corrected chi connectivity index (χ2v) is 7.66. The molecule has 1 aromatic heterocycles. The number of aryl methyl sites for hydroxylation is 1. The van der Waals surface area contributed by atoms with E-state index in [1.165, 1.54) is 22.4 Å². The first-order valence-electron chi connectivity index (χ1n) is 9.95. The van der Waals surface area contributed by atoms with Gasteiger partial charge in [0.15, 0.2) is 0 Å². The summed E-state index contributed by atoms with van der Waals surface area (Å²) in [6.45, 7) is 4.91. The number of rotatable bonds is 5. The number of aromatic nitrogens is 1. The van der Waals surface area contributed by atoms with Crippen LogP contribution in [0.5, 0.6) is 5.75 Å². The third-order valence-electron chi connectivity index (χ3n) is 5.58. The van der Waals surface area contributed by atoms with Crippen molar-refractivity contribution < 1.29 is 9.53 Å². The van der Waals surface area contributed by atoms with Crippen LogP contribution in [0, 0.1) is 6.92 Å². The number of carbonyl (C=O) groups is 1. The van der Waals surface area contributed by atoms with Crippen molar-refractivity contribution in [1.82, 2.24) is 9.47 Å². The molecule has 5 heteroatoms. The number of benzene rings is 2. The normalized spacial score (nSPS) is 13.8. The average molecular weight is 389 g/mol. The molecule has 0 radical (unpaired) electrons. The molecular weight excluding hydrogens is 362 g/mol. The number of hydrogen-bond donors (Lipinski definition) is 1. The molecule has 1 N–H and O–H groups in total. The lowest BCUT2D eigenvalue weighted by molar-refractivity contribution is 0.101. The first-order valence-corrected chi connectivity index (χ1v) is 9.95. The molecule has 0 saturated heterocycles. The Bertz CT molecular complexity index is 1040. The molecule has 0 saturated carbocycles. The van der Waals surface area contributed by atoms with Crippen molar-refractivity contribution in [3.8, 4) is 5.75 Å². The standard InChI is InChI=1S/C24H27N3O2/c1-17-7-6-8-18(13-17)15-27-12-11-21-19(16-27)14-22(26(21)2)24(28)25-20-9-4-5-10-23(20)29-3/h4-10,13-14H,11-12,15-16H2,1-3H3,(H,25,28). The van der Waals surface area contributed by atoms with E-state index >= 15 is 0 Å². The van der Waals surface area contributed by atoms with Gasteiger partial charge in [0, 0.05) is 38.8 Å². The zero-order chi connectivity index (χ0) is 20.4. The lowest BCUT2D eigenvalue weighted by Gasteiger charge is -2.27. The molecule has 1 aliphatic heterocycles. The lowest BCUT2D eigenvalue weighted by Crippen LogP contribution is -2.30. The van der Waals surface area contributed by atoms with Crippen molar-refractivity contribution in [2.24, 2.45) is 7.05 Å². The van der Waals surface area contributed by atoms with E-state index in [2.05, 4.69) is 41.4 Å². The van der Waals surface area contributed by atoms with E-state index in [9.17, 15) is 4.79 Å². The van der Waals surface area contributed by atoms with Gasteiger partial charge in [-0.25, -0.2) is 0 Å². The van der Waals surface area contributed by atoms with Gasteiger partial charge in [0.1, 0.15) is 11.4 Å². The van der Waals surface area contributed by atoms with Crippen LogP contribution < -0.4 is 10.1 Å². The Balaban J connectivity index is 1.51. The van der Waals surface area contributed by atoms with Gasteiger partial charge in [0.25, 0.3) is 5.91 Å². The summed E-state index contributed by atoms with van der Waals surface area (Å²) in [4.78, 5) is 15.4. The van der Waals surface area contributed by atoms with Crippen molar-refractivity contribution in [2.75, 3.05) is 19.0 Å². The summed E-state index contributed by atoms with van der Waals surface area (Å²) in [5.41, 5.74) is 6.46.